The third-order valence-electron chi connectivity index (χ3n) is 4.28. The summed E-state index contributed by atoms with van der Waals surface area (Å²) in [6.07, 6.45) is 2.49. The van der Waals surface area contributed by atoms with Crippen LogP contribution in [-0.4, -0.2) is 16.5 Å². The van der Waals surface area contributed by atoms with Crippen LogP contribution in [0, 0.1) is 0 Å². The highest BCUT2D eigenvalue weighted by atomic mass is 79.9. The maximum Gasteiger partial charge on any atom is 0.201 e. The SMILES string of the molecule is Brc1ccc2nc(NCC3(c4ccccc4)CC3)[nH]c2c1. The minimum Gasteiger partial charge on any atom is -0.355 e. The summed E-state index contributed by atoms with van der Waals surface area (Å²) in [5.74, 6) is 0.852. The number of hydrogen-bond donors (Lipinski definition) is 2. The first-order valence-electron chi connectivity index (χ1n) is 7.20. The molecule has 0 spiro atoms. The Hall–Kier alpha value is -1.81. The fraction of sp³-hybridized carbons (Fsp3) is 0.235. The number of fused-ring (bicyclic) bond motifs is 1. The molecular weight excluding hydrogens is 326 g/mol. The van der Waals surface area contributed by atoms with Gasteiger partial charge in [0.1, 0.15) is 0 Å². The summed E-state index contributed by atoms with van der Waals surface area (Å²) in [4.78, 5) is 7.93. The minimum atomic E-state index is 0.292. The van der Waals surface area contributed by atoms with Gasteiger partial charge in [-0.2, -0.15) is 0 Å². The van der Waals surface area contributed by atoms with Crippen LogP contribution in [-0.2, 0) is 5.41 Å². The zero-order valence-corrected chi connectivity index (χ0v) is 13.2. The number of imidazole rings is 1. The molecule has 0 saturated heterocycles. The van der Waals surface area contributed by atoms with Gasteiger partial charge in [-0.1, -0.05) is 46.3 Å². The molecule has 3 nitrogen and oxygen atoms in total. The maximum atomic E-state index is 4.59. The van der Waals surface area contributed by atoms with Crippen LogP contribution in [0.1, 0.15) is 18.4 Å². The number of aromatic nitrogens is 2. The average molecular weight is 342 g/mol. The van der Waals surface area contributed by atoms with Crippen molar-refractivity contribution >= 4 is 32.9 Å². The summed E-state index contributed by atoms with van der Waals surface area (Å²) in [6, 6.07) is 16.9. The Morgan fingerprint density at radius 1 is 1.14 bits per heavy atom. The minimum absolute atomic E-state index is 0.292. The molecule has 1 aliphatic carbocycles. The molecule has 2 N–H and O–H groups in total. The Morgan fingerprint density at radius 3 is 2.71 bits per heavy atom. The molecule has 0 amide bonds. The molecule has 1 fully saturated rings. The lowest BCUT2D eigenvalue weighted by Gasteiger charge is -2.16. The van der Waals surface area contributed by atoms with E-state index in [9.17, 15) is 0 Å². The van der Waals surface area contributed by atoms with E-state index >= 15 is 0 Å². The molecule has 0 radical (unpaired) electrons. The van der Waals surface area contributed by atoms with E-state index in [1.807, 2.05) is 12.1 Å². The molecule has 21 heavy (non-hydrogen) atoms. The second-order valence-corrected chi connectivity index (χ2v) is 6.66. The Morgan fingerprint density at radius 2 is 1.95 bits per heavy atom. The number of halogens is 1. The average Bonchev–Trinajstić information content (AvgIpc) is 3.20. The van der Waals surface area contributed by atoms with Crippen molar-refractivity contribution in [1.82, 2.24) is 9.97 Å². The van der Waals surface area contributed by atoms with Gasteiger partial charge in [-0.15, -0.1) is 0 Å². The first-order chi connectivity index (χ1) is 10.3. The van der Waals surface area contributed by atoms with Gasteiger partial charge >= 0.3 is 0 Å². The third kappa shape index (κ3) is 2.44. The summed E-state index contributed by atoms with van der Waals surface area (Å²) in [5.41, 5.74) is 3.76. The Labute approximate surface area is 131 Å². The van der Waals surface area contributed by atoms with Gasteiger partial charge in [0, 0.05) is 16.4 Å². The van der Waals surface area contributed by atoms with Crippen molar-refractivity contribution in [1.29, 1.82) is 0 Å². The molecule has 2 aromatic carbocycles. The quantitative estimate of drug-likeness (QED) is 0.734. The molecular formula is C17H16BrN3. The number of anilines is 1. The number of hydrogen-bond acceptors (Lipinski definition) is 2. The Kier molecular flexibility index (Phi) is 3.00. The van der Waals surface area contributed by atoms with Crippen LogP contribution in [0.3, 0.4) is 0 Å². The second-order valence-electron chi connectivity index (χ2n) is 5.75. The molecule has 1 aromatic heterocycles. The Balaban J connectivity index is 1.53. The lowest BCUT2D eigenvalue weighted by molar-refractivity contribution is 0.728. The normalized spacial score (nSPS) is 16.0. The molecule has 1 saturated carbocycles. The molecule has 0 unspecified atom stereocenters. The van der Waals surface area contributed by atoms with Gasteiger partial charge in [0.05, 0.1) is 11.0 Å². The number of aromatic amines is 1. The molecule has 4 rings (SSSR count). The van der Waals surface area contributed by atoms with Crippen molar-refractivity contribution in [3.05, 3.63) is 58.6 Å². The van der Waals surface area contributed by atoms with Gasteiger partial charge < -0.3 is 10.3 Å². The molecule has 0 aliphatic heterocycles. The van der Waals surface area contributed by atoms with E-state index in [2.05, 4.69) is 67.6 Å². The van der Waals surface area contributed by atoms with E-state index in [0.29, 0.717) is 5.41 Å². The van der Waals surface area contributed by atoms with Crippen LogP contribution >= 0.6 is 15.9 Å². The lowest BCUT2D eigenvalue weighted by Crippen LogP contribution is -2.20. The van der Waals surface area contributed by atoms with E-state index in [4.69, 9.17) is 0 Å². The molecule has 3 aromatic rings. The zero-order chi connectivity index (χ0) is 14.3. The number of H-pyrrole nitrogens is 1. The highest BCUT2D eigenvalue weighted by Gasteiger charge is 2.43. The van der Waals surface area contributed by atoms with Crippen LogP contribution in [0.4, 0.5) is 5.95 Å². The predicted octanol–water partition coefficient (Wildman–Crippen LogP) is 4.47. The fourth-order valence-electron chi connectivity index (χ4n) is 2.83. The van der Waals surface area contributed by atoms with Gasteiger partial charge in [-0.3, -0.25) is 0 Å². The van der Waals surface area contributed by atoms with E-state index in [1.165, 1.54) is 18.4 Å². The van der Waals surface area contributed by atoms with Crippen molar-refractivity contribution in [2.75, 3.05) is 11.9 Å². The van der Waals surface area contributed by atoms with E-state index in [-0.39, 0.29) is 0 Å². The zero-order valence-electron chi connectivity index (χ0n) is 11.6. The molecule has 0 atom stereocenters. The molecule has 1 heterocycles. The highest BCUT2D eigenvalue weighted by molar-refractivity contribution is 9.10. The lowest BCUT2D eigenvalue weighted by atomic mass is 9.96. The van der Waals surface area contributed by atoms with Gasteiger partial charge in [0.2, 0.25) is 5.95 Å². The van der Waals surface area contributed by atoms with Crippen molar-refractivity contribution < 1.29 is 0 Å². The number of rotatable bonds is 4. The van der Waals surface area contributed by atoms with Crippen molar-refractivity contribution in [3.8, 4) is 0 Å². The summed E-state index contributed by atoms with van der Waals surface area (Å²) in [5, 5.41) is 3.47. The van der Waals surface area contributed by atoms with Crippen LogP contribution < -0.4 is 5.32 Å². The van der Waals surface area contributed by atoms with E-state index in [1.54, 1.807) is 0 Å². The monoisotopic (exact) mass is 341 g/mol. The predicted molar refractivity (Wildman–Crippen MR) is 89.6 cm³/mol. The van der Waals surface area contributed by atoms with Gasteiger partial charge in [-0.25, -0.2) is 4.98 Å². The second kappa shape index (κ2) is 4.88. The third-order valence-corrected chi connectivity index (χ3v) is 4.77. The number of nitrogens with one attached hydrogen (secondary N) is 2. The molecule has 0 bridgehead atoms. The van der Waals surface area contributed by atoms with Crippen LogP contribution in [0.2, 0.25) is 0 Å². The van der Waals surface area contributed by atoms with Crippen LogP contribution in [0.5, 0.6) is 0 Å². The summed E-state index contributed by atoms with van der Waals surface area (Å²) >= 11 is 3.48. The summed E-state index contributed by atoms with van der Waals surface area (Å²) in [6.45, 7) is 0.929. The number of benzene rings is 2. The first-order valence-corrected chi connectivity index (χ1v) is 7.99. The highest BCUT2D eigenvalue weighted by Crippen LogP contribution is 2.48. The van der Waals surface area contributed by atoms with Gasteiger partial charge in [0.15, 0.2) is 0 Å². The molecule has 1 aliphatic rings. The molecule has 4 heteroatoms. The van der Waals surface area contributed by atoms with Gasteiger partial charge in [-0.05, 0) is 36.6 Å². The van der Waals surface area contributed by atoms with Crippen molar-refractivity contribution in [2.24, 2.45) is 0 Å². The van der Waals surface area contributed by atoms with Crippen molar-refractivity contribution in [3.63, 3.8) is 0 Å². The topological polar surface area (TPSA) is 40.7 Å². The largest absolute Gasteiger partial charge is 0.355 e. The van der Waals surface area contributed by atoms with Crippen molar-refractivity contribution in [2.45, 2.75) is 18.3 Å². The summed E-state index contributed by atoms with van der Waals surface area (Å²) in [7, 11) is 0. The smallest absolute Gasteiger partial charge is 0.201 e. The van der Waals surface area contributed by atoms with Crippen LogP contribution in [0.25, 0.3) is 11.0 Å². The number of nitrogens with zero attached hydrogens (tertiary/aromatic N) is 1. The Bertz CT molecular complexity index is 775. The maximum absolute atomic E-state index is 4.59. The van der Waals surface area contributed by atoms with Gasteiger partial charge in [0.25, 0.3) is 0 Å². The first kappa shape index (κ1) is 12.9. The molecule has 106 valence electrons. The van der Waals surface area contributed by atoms with E-state index in [0.717, 1.165) is 28.0 Å². The standard InChI is InChI=1S/C17H16BrN3/c18-13-6-7-14-15(10-13)21-16(20-14)19-11-17(8-9-17)12-4-2-1-3-5-12/h1-7,10H,8-9,11H2,(H2,19,20,21). The van der Waals surface area contributed by atoms with E-state index < -0.39 is 0 Å². The fourth-order valence-corrected chi connectivity index (χ4v) is 3.19. The van der Waals surface area contributed by atoms with Crippen LogP contribution in [0.15, 0.2) is 53.0 Å². The summed E-state index contributed by atoms with van der Waals surface area (Å²) < 4.78 is 1.06.